The van der Waals surface area contributed by atoms with Gasteiger partial charge in [-0.2, -0.15) is 5.26 Å². The van der Waals surface area contributed by atoms with Crippen molar-refractivity contribution in [1.82, 2.24) is 5.32 Å². The number of methoxy groups -OCH3 is 1. The maximum absolute atomic E-state index is 13.7. The first-order chi connectivity index (χ1) is 17.4. The van der Waals surface area contributed by atoms with Crippen LogP contribution in [-0.2, 0) is 16.1 Å². The van der Waals surface area contributed by atoms with Crippen molar-refractivity contribution < 1.29 is 19.1 Å². The molecule has 0 radical (unpaired) electrons. The minimum atomic E-state index is -0.715. The number of carbonyl (C=O) groups excluding carboxylic acids is 2. The predicted molar refractivity (Wildman–Crippen MR) is 138 cm³/mol. The molecule has 2 aliphatic rings. The molecule has 0 unspecified atom stereocenters. The number of Topliss-reactive ketones (excluding diaryl/α,β-unsaturated/α-hetero) is 1. The van der Waals surface area contributed by atoms with Gasteiger partial charge < -0.3 is 14.8 Å². The average Bonchev–Trinajstić information content (AvgIpc) is 3.18. The number of ketones is 1. The van der Waals surface area contributed by atoms with Crippen LogP contribution in [-0.4, -0.2) is 18.9 Å². The van der Waals surface area contributed by atoms with E-state index in [2.05, 4.69) is 27.3 Å². The van der Waals surface area contributed by atoms with Gasteiger partial charge in [0, 0.05) is 38.0 Å². The van der Waals surface area contributed by atoms with Gasteiger partial charge in [0.1, 0.15) is 12.4 Å². The Morgan fingerprint density at radius 2 is 1.81 bits per heavy atom. The highest BCUT2D eigenvalue weighted by molar-refractivity contribution is 9.10. The highest BCUT2D eigenvalue weighted by atomic mass is 79.9. The van der Waals surface area contributed by atoms with E-state index in [1.165, 1.54) is 7.11 Å². The van der Waals surface area contributed by atoms with E-state index in [1.54, 1.807) is 31.2 Å². The van der Waals surface area contributed by atoms with Gasteiger partial charge in [-0.1, -0.05) is 58.4 Å². The summed E-state index contributed by atoms with van der Waals surface area (Å²) in [5.41, 5.74) is 5.40. The van der Waals surface area contributed by atoms with Gasteiger partial charge >= 0.3 is 5.97 Å². The third-order valence-corrected chi connectivity index (χ3v) is 6.95. The molecule has 0 fully saturated rings. The summed E-state index contributed by atoms with van der Waals surface area (Å²) >= 11 is 3.54. The first-order valence-electron chi connectivity index (χ1n) is 11.3. The molecular weight excluding hydrogens is 520 g/mol. The quantitative estimate of drug-likeness (QED) is 0.421. The number of ether oxygens (including phenoxy) is 2. The van der Waals surface area contributed by atoms with Gasteiger partial charge in [0.15, 0.2) is 5.78 Å². The Hall–Kier alpha value is -4.15. The van der Waals surface area contributed by atoms with Crippen LogP contribution in [0, 0.1) is 11.3 Å². The Labute approximate surface area is 217 Å². The number of carbonyl (C=O) groups is 2. The zero-order valence-corrected chi connectivity index (χ0v) is 21.2. The summed E-state index contributed by atoms with van der Waals surface area (Å²) < 4.78 is 12.1. The van der Waals surface area contributed by atoms with E-state index in [1.807, 2.05) is 42.5 Å². The largest absolute Gasteiger partial charge is 0.489 e. The number of nitriles is 1. The minimum absolute atomic E-state index is 0.146. The van der Waals surface area contributed by atoms with Gasteiger partial charge in [-0.25, -0.2) is 4.79 Å². The molecule has 0 saturated carbocycles. The lowest BCUT2D eigenvalue weighted by Gasteiger charge is -2.30. The van der Waals surface area contributed by atoms with Crippen LogP contribution in [0.2, 0.25) is 0 Å². The van der Waals surface area contributed by atoms with Crippen LogP contribution in [0.25, 0.3) is 5.70 Å². The molecule has 178 valence electrons. The molecule has 0 spiro atoms. The number of hydrogen-bond acceptors (Lipinski definition) is 6. The van der Waals surface area contributed by atoms with E-state index in [-0.39, 0.29) is 12.4 Å². The first kappa shape index (κ1) is 23.6. The predicted octanol–water partition coefficient (Wildman–Crippen LogP) is 5.64. The average molecular weight is 541 g/mol. The van der Waals surface area contributed by atoms with Crippen LogP contribution in [0.5, 0.6) is 5.75 Å². The van der Waals surface area contributed by atoms with Gasteiger partial charge in [-0.15, -0.1) is 0 Å². The number of halogens is 1. The SMILES string of the molecule is COC(=O)C1=C(C)NC2=C(C(=O)c3ccccc32)[C@@H]1c1cc(Br)ccc1OCc1ccccc1C#N. The molecule has 3 aromatic carbocycles. The van der Waals surface area contributed by atoms with E-state index < -0.39 is 11.9 Å². The van der Waals surface area contributed by atoms with Crippen LogP contribution >= 0.6 is 15.9 Å². The summed E-state index contributed by atoms with van der Waals surface area (Å²) in [7, 11) is 1.33. The lowest BCUT2D eigenvalue weighted by molar-refractivity contribution is -0.136. The number of nitrogens with one attached hydrogen (secondary N) is 1. The molecule has 0 bridgehead atoms. The maximum Gasteiger partial charge on any atom is 0.336 e. The topological polar surface area (TPSA) is 88.4 Å². The van der Waals surface area contributed by atoms with Crippen LogP contribution in [0.4, 0.5) is 0 Å². The molecule has 1 aliphatic carbocycles. The number of nitrogens with zero attached hydrogens (tertiary/aromatic N) is 1. The molecule has 1 atom stereocenters. The van der Waals surface area contributed by atoms with Crippen LogP contribution < -0.4 is 10.1 Å². The summed E-state index contributed by atoms with van der Waals surface area (Å²) in [6.07, 6.45) is 0. The molecule has 0 amide bonds. The van der Waals surface area contributed by atoms with Crippen LogP contribution in [0.15, 0.2) is 88.0 Å². The molecule has 3 aromatic rings. The van der Waals surface area contributed by atoms with E-state index in [4.69, 9.17) is 9.47 Å². The van der Waals surface area contributed by atoms with Gasteiger partial charge in [0.25, 0.3) is 0 Å². The van der Waals surface area contributed by atoms with Crippen molar-refractivity contribution in [3.63, 3.8) is 0 Å². The van der Waals surface area contributed by atoms with E-state index in [0.717, 1.165) is 15.6 Å². The molecule has 1 N–H and O–H groups in total. The molecule has 5 rings (SSSR count). The molecule has 1 heterocycles. The minimum Gasteiger partial charge on any atom is -0.489 e. The second kappa shape index (κ2) is 9.48. The number of dihydropyridines is 1. The van der Waals surface area contributed by atoms with Gasteiger partial charge in [-0.3, -0.25) is 4.79 Å². The van der Waals surface area contributed by atoms with Gasteiger partial charge in [0.05, 0.1) is 35.9 Å². The fraction of sp³-hybridized carbons (Fsp3) is 0.138. The van der Waals surface area contributed by atoms with Crippen molar-refractivity contribution in [1.29, 1.82) is 5.26 Å². The highest BCUT2D eigenvalue weighted by Gasteiger charge is 2.43. The third kappa shape index (κ3) is 3.90. The fourth-order valence-electron chi connectivity index (χ4n) is 4.81. The summed E-state index contributed by atoms with van der Waals surface area (Å²) in [4.78, 5) is 26.7. The molecule has 0 aromatic heterocycles. The van der Waals surface area contributed by atoms with E-state index in [9.17, 15) is 14.9 Å². The van der Waals surface area contributed by atoms with Crippen molar-refractivity contribution in [3.05, 3.63) is 116 Å². The van der Waals surface area contributed by atoms with E-state index in [0.29, 0.717) is 45.0 Å². The molecule has 6 nitrogen and oxygen atoms in total. The van der Waals surface area contributed by atoms with Crippen LogP contribution in [0.3, 0.4) is 0 Å². The number of allylic oxidation sites excluding steroid dienone is 2. The number of fused-ring (bicyclic) bond motifs is 2. The van der Waals surface area contributed by atoms with Crippen molar-refractivity contribution in [2.75, 3.05) is 7.11 Å². The number of rotatable bonds is 5. The highest BCUT2D eigenvalue weighted by Crippen LogP contribution is 2.49. The summed E-state index contributed by atoms with van der Waals surface area (Å²) in [6.45, 7) is 1.95. The van der Waals surface area contributed by atoms with Crippen molar-refractivity contribution >= 4 is 33.4 Å². The second-order valence-corrected chi connectivity index (χ2v) is 9.41. The Morgan fingerprint density at radius 3 is 2.56 bits per heavy atom. The standard InChI is InChI=1S/C29H21BrN2O4/c1-16-24(29(34)35-2)25(26-27(32-16)20-9-5-6-10-21(20)28(26)33)22-13-19(30)11-12-23(22)36-15-18-8-4-3-7-17(18)14-31/h3-13,25,32H,15H2,1-2H3/t25-/m1/s1. The Bertz CT molecular complexity index is 1530. The number of hydrogen-bond donors (Lipinski definition) is 1. The van der Waals surface area contributed by atoms with Gasteiger partial charge in [-0.05, 0) is 31.2 Å². The maximum atomic E-state index is 13.7. The first-order valence-corrected chi connectivity index (χ1v) is 12.1. The third-order valence-electron chi connectivity index (χ3n) is 6.46. The molecule has 0 saturated heterocycles. The van der Waals surface area contributed by atoms with Crippen molar-refractivity contribution in [2.45, 2.75) is 19.4 Å². The van der Waals surface area contributed by atoms with E-state index >= 15 is 0 Å². The fourth-order valence-corrected chi connectivity index (χ4v) is 5.19. The Kier molecular flexibility index (Phi) is 6.21. The second-order valence-electron chi connectivity index (χ2n) is 8.49. The molecule has 36 heavy (non-hydrogen) atoms. The lowest BCUT2D eigenvalue weighted by atomic mass is 9.79. The number of benzene rings is 3. The summed E-state index contributed by atoms with van der Waals surface area (Å²) in [5, 5.41) is 12.7. The lowest BCUT2D eigenvalue weighted by Crippen LogP contribution is -2.29. The molecule has 1 aliphatic heterocycles. The zero-order valence-electron chi connectivity index (χ0n) is 19.6. The summed E-state index contributed by atoms with van der Waals surface area (Å²) in [6, 6.07) is 22.3. The van der Waals surface area contributed by atoms with Crippen LogP contribution in [0.1, 0.15) is 45.5 Å². The van der Waals surface area contributed by atoms with Crippen molar-refractivity contribution in [3.8, 4) is 11.8 Å². The molecular formula is C29H21BrN2O4. The number of esters is 1. The zero-order chi connectivity index (χ0) is 25.4. The van der Waals surface area contributed by atoms with Crippen molar-refractivity contribution in [2.24, 2.45) is 0 Å². The monoisotopic (exact) mass is 540 g/mol. The Morgan fingerprint density at radius 1 is 1.08 bits per heavy atom. The smallest absolute Gasteiger partial charge is 0.336 e. The van der Waals surface area contributed by atoms with Gasteiger partial charge in [0.2, 0.25) is 0 Å². The normalized spacial score (nSPS) is 16.2. The summed E-state index contributed by atoms with van der Waals surface area (Å²) in [5.74, 6) is -0.885. The molecule has 7 heteroatoms. The Balaban J connectivity index is 1.66.